The lowest BCUT2D eigenvalue weighted by Gasteiger charge is -2.33. The van der Waals surface area contributed by atoms with Crippen molar-refractivity contribution in [3.8, 4) is 22.8 Å². The first-order valence-corrected chi connectivity index (χ1v) is 9.55. The van der Waals surface area contributed by atoms with Crippen molar-refractivity contribution in [1.29, 1.82) is 0 Å². The van der Waals surface area contributed by atoms with Crippen LogP contribution >= 0.6 is 0 Å². The van der Waals surface area contributed by atoms with E-state index >= 15 is 0 Å². The molecule has 150 valence electrons. The molecule has 7 nitrogen and oxygen atoms in total. The Labute approximate surface area is 164 Å². The Balaban J connectivity index is 1.96. The highest BCUT2D eigenvalue weighted by atomic mass is 16.5. The number of carbonyl (C=O) groups is 1. The summed E-state index contributed by atoms with van der Waals surface area (Å²) in [5, 5.41) is 4.49. The zero-order valence-corrected chi connectivity index (χ0v) is 16.8. The second-order valence-electron chi connectivity index (χ2n) is 7.28. The highest BCUT2D eigenvalue weighted by Crippen LogP contribution is 2.28. The number of piperidine rings is 1. The van der Waals surface area contributed by atoms with Crippen LogP contribution in [0.1, 0.15) is 32.7 Å². The Bertz CT molecular complexity index is 892. The molecule has 1 amide bonds. The van der Waals surface area contributed by atoms with Crippen LogP contribution < -0.4 is 15.0 Å². The van der Waals surface area contributed by atoms with Gasteiger partial charge in [-0.1, -0.05) is 6.92 Å². The SMILES string of the molecule is COc1ccc(-c2nn([C@H](C)C(=O)N3CCC[C@@H](C)C3)c(=O)cc2OC)cc1. The van der Waals surface area contributed by atoms with E-state index in [2.05, 4.69) is 12.0 Å². The minimum atomic E-state index is -0.680. The molecule has 1 aliphatic rings. The molecule has 2 aromatic rings. The summed E-state index contributed by atoms with van der Waals surface area (Å²) in [5.74, 6) is 1.49. The summed E-state index contributed by atoms with van der Waals surface area (Å²) in [5.41, 5.74) is 0.925. The van der Waals surface area contributed by atoms with E-state index in [9.17, 15) is 9.59 Å². The molecule has 0 saturated carbocycles. The van der Waals surface area contributed by atoms with Gasteiger partial charge >= 0.3 is 0 Å². The lowest BCUT2D eigenvalue weighted by atomic mass is 10.00. The van der Waals surface area contributed by atoms with E-state index in [0.29, 0.717) is 17.4 Å². The van der Waals surface area contributed by atoms with Crippen LogP contribution in [0.3, 0.4) is 0 Å². The summed E-state index contributed by atoms with van der Waals surface area (Å²) in [4.78, 5) is 27.4. The summed E-state index contributed by atoms with van der Waals surface area (Å²) in [6.07, 6.45) is 2.11. The molecule has 0 spiro atoms. The van der Waals surface area contributed by atoms with E-state index in [-0.39, 0.29) is 11.5 Å². The first-order valence-electron chi connectivity index (χ1n) is 9.55. The number of nitrogens with zero attached hydrogens (tertiary/aromatic N) is 3. The number of methoxy groups -OCH3 is 2. The van der Waals surface area contributed by atoms with Crippen LogP contribution in [0.5, 0.6) is 11.5 Å². The first-order chi connectivity index (χ1) is 13.4. The van der Waals surface area contributed by atoms with Crippen LogP contribution in [0.2, 0.25) is 0 Å². The van der Waals surface area contributed by atoms with Gasteiger partial charge in [0.25, 0.3) is 5.56 Å². The number of aromatic nitrogens is 2. The molecule has 0 N–H and O–H groups in total. The van der Waals surface area contributed by atoms with Crippen LogP contribution in [-0.2, 0) is 4.79 Å². The third-order valence-corrected chi connectivity index (χ3v) is 5.20. The lowest BCUT2D eigenvalue weighted by molar-refractivity contribution is -0.136. The number of carbonyl (C=O) groups excluding carboxylic acids is 1. The molecule has 1 aliphatic heterocycles. The van der Waals surface area contributed by atoms with Crippen molar-refractivity contribution in [3.05, 3.63) is 40.7 Å². The van der Waals surface area contributed by atoms with Crippen LogP contribution in [0.15, 0.2) is 35.1 Å². The molecule has 0 bridgehead atoms. The van der Waals surface area contributed by atoms with Crippen LogP contribution in [0, 0.1) is 5.92 Å². The molecule has 1 fully saturated rings. The third-order valence-electron chi connectivity index (χ3n) is 5.20. The second kappa shape index (κ2) is 8.46. The predicted octanol–water partition coefficient (Wildman–Crippen LogP) is 2.75. The van der Waals surface area contributed by atoms with Gasteiger partial charge in [-0.25, -0.2) is 4.68 Å². The van der Waals surface area contributed by atoms with Crippen molar-refractivity contribution in [2.24, 2.45) is 5.92 Å². The Morgan fingerprint density at radius 2 is 1.93 bits per heavy atom. The zero-order chi connectivity index (χ0) is 20.3. The Morgan fingerprint density at radius 1 is 1.21 bits per heavy atom. The number of amides is 1. The van der Waals surface area contributed by atoms with E-state index in [1.54, 1.807) is 14.0 Å². The average Bonchev–Trinajstić information content (AvgIpc) is 2.72. The molecular weight excluding hydrogens is 358 g/mol. The average molecular weight is 385 g/mol. The first kappa shape index (κ1) is 19.9. The topological polar surface area (TPSA) is 73.7 Å². The van der Waals surface area contributed by atoms with Gasteiger partial charge in [0, 0.05) is 24.7 Å². The highest BCUT2D eigenvalue weighted by Gasteiger charge is 2.28. The molecule has 1 aromatic carbocycles. The maximum Gasteiger partial charge on any atom is 0.271 e. The van der Waals surface area contributed by atoms with Gasteiger partial charge in [-0.3, -0.25) is 9.59 Å². The maximum atomic E-state index is 13.0. The minimum absolute atomic E-state index is 0.0769. The fourth-order valence-corrected chi connectivity index (χ4v) is 3.59. The summed E-state index contributed by atoms with van der Waals surface area (Å²) in [6.45, 7) is 5.31. The van der Waals surface area contributed by atoms with Crippen molar-refractivity contribution < 1.29 is 14.3 Å². The van der Waals surface area contributed by atoms with Gasteiger partial charge in [0.15, 0.2) is 5.75 Å². The van der Waals surface area contributed by atoms with Gasteiger partial charge in [-0.2, -0.15) is 5.10 Å². The van der Waals surface area contributed by atoms with Gasteiger partial charge in [0.2, 0.25) is 5.91 Å². The molecule has 1 aromatic heterocycles. The molecule has 0 unspecified atom stereocenters. The number of ether oxygens (including phenoxy) is 2. The van der Waals surface area contributed by atoms with E-state index in [1.807, 2.05) is 29.2 Å². The molecule has 7 heteroatoms. The minimum Gasteiger partial charge on any atom is -0.497 e. The van der Waals surface area contributed by atoms with Gasteiger partial charge in [-0.05, 0) is 49.9 Å². The van der Waals surface area contributed by atoms with Crippen molar-refractivity contribution in [2.45, 2.75) is 32.7 Å². The maximum absolute atomic E-state index is 13.0. The standard InChI is InChI=1S/C21H27N3O4/c1-14-6-5-11-23(13-14)21(26)15(2)24-19(25)12-18(28-4)20(22-24)16-7-9-17(27-3)10-8-16/h7-10,12,14-15H,5-6,11,13H2,1-4H3/t14-,15-/m1/s1. The Hall–Kier alpha value is -2.83. The van der Waals surface area contributed by atoms with Crippen molar-refractivity contribution in [3.63, 3.8) is 0 Å². The molecule has 0 radical (unpaired) electrons. The van der Waals surface area contributed by atoms with Crippen molar-refractivity contribution in [1.82, 2.24) is 14.7 Å². The molecule has 2 heterocycles. The van der Waals surface area contributed by atoms with E-state index in [0.717, 1.165) is 37.2 Å². The molecule has 1 saturated heterocycles. The number of hydrogen-bond acceptors (Lipinski definition) is 5. The summed E-state index contributed by atoms with van der Waals surface area (Å²) >= 11 is 0. The number of benzene rings is 1. The number of likely N-dealkylation sites (tertiary alicyclic amines) is 1. The summed E-state index contributed by atoms with van der Waals surface area (Å²) in [6, 6.07) is 8.02. The summed E-state index contributed by atoms with van der Waals surface area (Å²) in [7, 11) is 3.10. The monoisotopic (exact) mass is 385 g/mol. The van der Waals surface area contributed by atoms with E-state index < -0.39 is 6.04 Å². The Morgan fingerprint density at radius 3 is 2.54 bits per heavy atom. The molecule has 0 aliphatic carbocycles. The number of hydrogen-bond donors (Lipinski definition) is 0. The molecule has 3 rings (SSSR count). The second-order valence-corrected chi connectivity index (χ2v) is 7.28. The molecule has 2 atom stereocenters. The van der Waals surface area contributed by atoms with Crippen molar-refractivity contribution in [2.75, 3.05) is 27.3 Å². The van der Waals surface area contributed by atoms with Gasteiger partial charge in [0.1, 0.15) is 17.5 Å². The van der Waals surface area contributed by atoms with Gasteiger partial charge < -0.3 is 14.4 Å². The zero-order valence-electron chi connectivity index (χ0n) is 16.8. The quantitative estimate of drug-likeness (QED) is 0.791. The van der Waals surface area contributed by atoms with Crippen molar-refractivity contribution >= 4 is 5.91 Å². The lowest BCUT2D eigenvalue weighted by Crippen LogP contribution is -2.44. The van der Waals surface area contributed by atoms with E-state index in [4.69, 9.17) is 9.47 Å². The third kappa shape index (κ3) is 4.03. The van der Waals surface area contributed by atoms with E-state index in [1.165, 1.54) is 17.9 Å². The largest absolute Gasteiger partial charge is 0.497 e. The fourth-order valence-electron chi connectivity index (χ4n) is 3.59. The summed E-state index contributed by atoms with van der Waals surface area (Å²) < 4.78 is 11.8. The highest BCUT2D eigenvalue weighted by molar-refractivity contribution is 5.80. The Kier molecular flexibility index (Phi) is 6.02. The smallest absolute Gasteiger partial charge is 0.271 e. The normalized spacial score (nSPS) is 17.9. The fraction of sp³-hybridized carbons (Fsp3) is 0.476. The van der Waals surface area contributed by atoms with Crippen LogP contribution in [0.4, 0.5) is 0 Å². The molecule has 28 heavy (non-hydrogen) atoms. The van der Waals surface area contributed by atoms with Gasteiger partial charge in [-0.15, -0.1) is 0 Å². The predicted molar refractivity (Wildman–Crippen MR) is 107 cm³/mol. The van der Waals surface area contributed by atoms with Crippen LogP contribution in [-0.4, -0.2) is 47.9 Å². The van der Waals surface area contributed by atoms with Crippen LogP contribution in [0.25, 0.3) is 11.3 Å². The molecular formula is C21H27N3O4. The van der Waals surface area contributed by atoms with Gasteiger partial charge in [0.05, 0.1) is 14.2 Å². The number of rotatable bonds is 5.